The van der Waals surface area contributed by atoms with Gasteiger partial charge >= 0.3 is 0 Å². The number of carbonyl (C=O) groups excluding carboxylic acids is 1. The van der Waals surface area contributed by atoms with E-state index in [9.17, 15) is 13.2 Å². The molecule has 0 radical (unpaired) electrons. The number of piperazine rings is 1. The third-order valence-corrected chi connectivity index (χ3v) is 5.41. The van der Waals surface area contributed by atoms with Crippen LogP contribution >= 0.6 is 0 Å². The maximum absolute atomic E-state index is 12.7. The second kappa shape index (κ2) is 6.01. The molecular weight excluding hydrogens is 320 g/mol. The molecule has 2 aliphatic rings. The SMILES string of the molecule is C[C@@H]1Oc2ccccc2O[C@H]1C(=O)N1CCN(S(C)(=O)=O)CC1. The van der Waals surface area contributed by atoms with Crippen molar-refractivity contribution in [2.75, 3.05) is 32.4 Å². The van der Waals surface area contributed by atoms with Gasteiger partial charge < -0.3 is 14.4 Å². The predicted molar refractivity (Wildman–Crippen MR) is 83.9 cm³/mol. The van der Waals surface area contributed by atoms with Gasteiger partial charge in [-0.2, -0.15) is 4.31 Å². The van der Waals surface area contributed by atoms with Crippen LogP contribution in [-0.2, 0) is 14.8 Å². The molecule has 1 fully saturated rings. The zero-order valence-electron chi connectivity index (χ0n) is 13.1. The molecule has 7 nitrogen and oxygen atoms in total. The van der Waals surface area contributed by atoms with Gasteiger partial charge in [0.15, 0.2) is 11.5 Å². The zero-order chi connectivity index (χ0) is 16.6. The first-order valence-electron chi connectivity index (χ1n) is 7.52. The summed E-state index contributed by atoms with van der Waals surface area (Å²) in [5.41, 5.74) is 0. The van der Waals surface area contributed by atoms with Crippen molar-refractivity contribution in [2.45, 2.75) is 19.1 Å². The lowest BCUT2D eigenvalue weighted by atomic mass is 10.1. The molecule has 0 N–H and O–H groups in total. The summed E-state index contributed by atoms with van der Waals surface area (Å²) in [4.78, 5) is 14.3. The minimum absolute atomic E-state index is 0.167. The molecule has 3 rings (SSSR count). The van der Waals surface area contributed by atoms with E-state index in [4.69, 9.17) is 9.47 Å². The summed E-state index contributed by atoms with van der Waals surface area (Å²) in [6.45, 7) is 3.14. The van der Waals surface area contributed by atoms with Crippen molar-refractivity contribution in [1.29, 1.82) is 0 Å². The quantitative estimate of drug-likeness (QED) is 0.775. The largest absolute Gasteiger partial charge is 0.482 e. The van der Waals surface area contributed by atoms with Crippen LogP contribution < -0.4 is 9.47 Å². The van der Waals surface area contributed by atoms with E-state index in [0.29, 0.717) is 37.7 Å². The van der Waals surface area contributed by atoms with E-state index in [1.54, 1.807) is 24.0 Å². The predicted octanol–water partition coefficient (Wildman–Crippen LogP) is 0.319. The van der Waals surface area contributed by atoms with Crippen molar-refractivity contribution >= 4 is 15.9 Å². The summed E-state index contributed by atoms with van der Waals surface area (Å²) in [6, 6.07) is 7.24. The summed E-state index contributed by atoms with van der Waals surface area (Å²) in [6.07, 6.45) is 0.0710. The molecule has 1 aromatic rings. The number of para-hydroxylation sites is 2. The molecule has 0 aromatic heterocycles. The molecule has 1 saturated heterocycles. The van der Waals surface area contributed by atoms with E-state index in [1.165, 1.54) is 10.6 Å². The van der Waals surface area contributed by atoms with Crippen LogP contribution in [0.15, 0.2) is 24.3 Å². The molecule has 0 saturated carbocycles. The molecule has 0 bridgehead atoms. The summed E-state index contributed by atoms with van der Waals surface area (Å²) >= 11 is 0. The second-order valence-electron chi connectivity index (χ2n) is 5.80. The third-order valence-electron chi connectivity index (χ3n) is 4.11. The van der Waals surface area contributed by atoms with Crippen LogP contribution in [0.25, 0.3) is 0 Å². The summed E-state index contributed by atoms with van der Waals surface area (Å²) in [5.74, 6) is 1.02. The van der Waals surface area contributed by atoms with Crippen LogP contribution in [-0.4, -0.2) is 68.2 Å². The minimum atomic E-state index is -3.21. The Kier molecular flexibility index (Phi) is 4.20. The maximum atomic E-state index is 12.7. The van der Waals surface area contributed by atoms with E-state index >= 15 is 0 Å². The first-order chi connectivity index (χ1) is 10.9. The van der Waals surface area contributed by atoms with Gasteiger partial charge in [-0.25, -0.2) is 8.42 Å². The smallest absolute Gasteiger partial charge is 0.267 e. The summed E-state index contributed by atoms with van der Waals surface area (Å²) in [5, 5.41) is 0. The number of carbonyl (C=O) groups is 1. The Morgan fingerprint density at radius 2 is 1.65 bits per heavy atom. The lowest BCUT2D eigenvalue weighted by Crippen LogP contribution is -2.56. The second-order valence-corrected chi connectivity index (χ2v) is 7.78. The van der Waals surface area contributed by atoms with Gasteiger partial charge in [0.2, 0.25) is 16.1 Å². The lowest BCUT2D eigenvalue weighted by Gasteiger charge is -2.38. The monoisotopic (exact) mass is 340 g/mol. The van der Waals surface area contributed by atoms with Crippen molar-refractivity contribution in [3.63, 3.8) is 0 Å². The lowest BCUT2D eigenvalue weighted by molar-refractivity contribution is -0.145. The molecular formula is C15H20N2O5S. The topological polar surface area (TPSA) is 76.2 Å². The van der Waals surface area contributed by atoms with Gasteiger partial charge in [-0.05, 0) is 19.1 Å². The number of sulfonamides is 1. The first-order valence-corrected chi connectivity index (χ1v) is 9.37. The maximum Gasteiger partial charge on any atom is 0.267 e. The van der Waals surface area contributed by atoms with Gasteiger partial charge in [-0.3, -0.25) is 4.79 Å². The van der Waals surface area contributed by atoms with Crippen LogP contribution in [0, 0.1) is 0 Å². The van der Waals surface area contributed by atoms with Crippen LogP contribution in [0.1, 0.15) is 6.92 Å². The zero-order valence-corrected chi connectivity index (χ0v) is 14.0. The van der Waals surface area contributed by atoms with Crippen LogP contribution in [0.4, 0.5) is 0 Å². The van der Waals surface area contributed by atoms with Crippen molar-refractivity contribution < 1.29 is 22.7 Å². The van der Waals surface area contributed by atoms with Crippen molar-refractivity contribution in [3.05, 3.63) is 24.3 Å². The Hall–Kier alpha value is -1.80. The Balaban J connectivity index is 1.68. The highest BCUT2D eigenvalue weighted by molar-refractivity contribution is 7.88. The van der Waals surface area contributed by atoms with Crippen molar-refractivity contribution in [3.8, 4) is 11.5 Å². The van der Waals surface area contributed by atoms with Gasteiger partial charge in [0.05, 0.1) is 6.26 Å². The van der Waals surface area contributed by atoms with Gasteiger partial charge in [-0.15, -0.1) is 0 Å². The third kappa shape index (κ3) is 3.28. The molecule has 1 aromatic carbocycles. The fourth-order valence-corrected chi connectivity index (χ4v) is 3.64. The molecule has 0 aliphatic carbocycles. The Morgan fingerprint density at radius 1 is 1.09 bits per heavy atom. The number of ether oxygens (including phenoxy) is 2. The molecule has 0 unspecified atom stereocenters. The standard InChI is InChI=1S/C15H20N2O5S/c1-11-14(22-13-6-4-3-5-12(13)21-11)15(18)16-7-9-17(10-8-16)23(2,19)20/h3-6,11,14H,7-10H2,1-2H3/t11-,14+/m0/s1. The van der Waals surface area contributed by atoms with Crippen LogP contribution in [0.3, 0.4) is 0 Å². The Morgan fingerprint density at radius 3 is 2.22 bits per heavy atom. The van der Waals surface area contributed by atoms with Gasteiger partial charge in [0.25, 0.3) is 5.91 Å². The average molecular weight is 340 g/mol. The fraction of sp³-hybridized carbons (Fsp3) is 0.533. The van der Waals surface area contributed by atoms with E-state index < -0.39 is 22.2 Å². The number of nitrogens with zero attached hydrogens (tertiary/aromatic N) is 2. The number of rotatable bonds is 2. The number of hydrogen-bond acceptors (Lipinski definition) is 5. The van der Waals surface area contributed by atoms with Gasteiger partial charge in [-0.1, -0.05) is 12.1 Å². The van der Waals surface area contributed by atoms with Gasteiger partial charge in [0.1, 0.15) is 6.10 Å². The van der Waals surface area contributed by atoms with E-state index in [2.05, 4.69) is 0 Å². The minimum Gasteiger partial charge on any atom is -0.482 e. The Bertz CT molecular complexity index is 698. The van der Waals surface area contributed by atoms with E-state index in [1.807, 2.05) is 12.1 Å². The molecule has 1 amide bonds. The summed E-state index contributed by atoms with van der Waals surface area (Å²) < 4.78 is 36.0. The number of hydrogen-bond donors (Lipinski definition) is 0. The molecule has 8 heteroatoms. The highest BCUT2D eigenvalue weighted by atomic mass is 32.2. The first kappa shape index (κ1) is 16.1. The summed E-state index contributed by atoms with van der Waals surface area (Å²) in [7, 11) is -3.21. The Labute approximate surface area is 135 Å². The fourth-order valence-electron chi connectivity index (χ4n) is 2.81. The number of amides is 1. The molecule has 126 valence electrons. The van der Waals surface area contributed by atoms with Crippen LogP contribution in [0.2, 0.25) is 0 Å². The van der Waals surface area contributed by atoms with Crippen LogP contribution in [0.5, 0.6) is 11.5 Å². The molecule has 2 heterocycles. The van der Waals surface area contributed by atoms with Gasteiger partial charge in [0, 0.05) is 26.2 Å². The van der Waals surface area contributed by atoms with Crippen molar-refractivity contribution in [1.82, 2.24) is 9.21 Å². The number of fused-ring (bicyclic) bond motifs is 1. The van der Waals surface area contributed by atoms with E-state index in [0.717, 1.165) is 0 Å². The number of benzene rings is 1. The molecule has 23 heavy (non-hydrogen) atoms. The normalized spacial score (nSPS) is 25.2. The highest BCUT2D eigenvalue weighted by Crippen LogP contribution is 2.34. The molecule has 0 spiro atoms. The van der Waals surface area contributed by atoms with Crippen molar-refractivity contribution in [2.24, 2.45) is 0 Å². The average Bonchev–Trinajstić information content (AvgIpc) is 2.53. The molecule has 2 aliphatic heterocycles. The van der Waals surface area contributed by atoms with E-state index in [-0.39, 0.29) is 5.91 Å². The molecule has 2 atom stereocenters. The highest BCUT2D eigenvalue weighted by Gasteiger charge is 2.38.